The van der Waals surface area contributed by atoms with Crippen molar-refractivity contribution in [2.45, 2.75) is 32.4 Å². The number of hydrogen-bond donors (Lipinski definition) is 2. The number of aliphatic hydroxyl groups excluding tert-OH is 1. The number of carbonyl (C=O) groups excluding carboxylic acids is 1. The van der Waals surface area contributed by atoms with Crippen LogP contribution in [0.3, 0.4) is 0 Å². The van der Waals surface area contributed by atoms with Gasteiger partial charge in [-0.05, 0) is 12.3 Å². The number of amides is 1. The van der Waals surface area contributed by atoms with Crippen LogP contribution in [0.15, 0.2) is 0 Å². The molecule has 3 N–H and O–H groups in total. The zero-order valence-corrected chi connectivity index (χ0v) is 8.23. The molecule has 2 unspecified atom stereocenters. The highest BCUT2D eigenvalue weighted by molar-refractivity contribution is 5.81. The second kappa shape index (κ2) is 4.07. The van der Waals surface area contributed by atoms with Gasteiger partial charge in [0.2, 0.25) is 0 Å². The lowest BCUT2D eigenvalue weighted by atomic mass is 10.1. The summed E-state index contributed by atoms with van der Waals surface area (Å²) in [6.45, 7) is 4.93. The van der Waals surface area contributed by atoms with E-state index in [1.54, 1.807) is 4.90 Å². The zero-order chi connectivity index (χ0) is 10.0. The van der Waals surface area contributed by atoms with Crippen LogP contribution in [0.25, 0.3) is 0 Å². The molecule has 0 aliphatic carbocycles. The average Bonchev–Trinajstić information content (AvgIpc) is 2.49. The fourth-order valence-corrected chi connectivity index (χ4v) is 1.46. The molecule has 1 fully saturated rings. The van der Waals surface area contributed by atoms with E-state index in [0.717, 1.165) is 6.42 Å². The summed E-state index contributed by atoms with van der Waals surface area (Å²) in [7, 11) is 0. The summed E-state index contributed by atoms with van der Waals surface area (Å²) >= 11 is 0. The summed E-state index contributed by atoms with van der Waals surface area (Å²) in [6.07, 6.45) is -0.0263. The Morgan fingerprint density at radius 2 is 2.23 bits per heavy atom. The molecule has 1 aliphatic rings. The van der Waals surface area contributed by atoms with Crippen molar-refractivity contribution in [3.63, 3.8) is 0 Å². The van der Waals surface area contributed by atoms with Gasteiger partial charge in [0, 0.05) is 19.1 Å². The van der Waals surface area contributed by atoms with E-state index in [-0.39, 0.29) is 17.9 Å². The largest absolute Gasteiger partial charge is 0.383 e. The quantitative estimate of drug-likeness (QED) is 0.614. The van der Waals surface area contributed by atoms with Gasteiger partial charge < -0.3 is 15.7 Å². The highest BCUT2D eigenvalue weighted by Crippen LogP contribution is 2.12. The van der Waals surface area contributed by atoms with Gasteiger partial charge in [-0.2, -0.15) is 0 Å². The first kappa shape index (κ1) is 10.5. The number of hydrogen-bond acceptors (Lipinski definition) is 3. The fraction of sp³-hybridized carbons (Fsp3) is 0.889. The van der Waals surface area contributed by atoms with Crippen LogP contribution >= 0.6 is 0 Å². The number of nitrogens with two attached hydrogens (primary N) is 1. The molecule has 0 spiro atoms. The van der Waals surface area contributed by atoms with Gasteiger partial charge >= 0.3 is 0 Å². The van der Waals surface area contributed by atoms with E-state index >= 15 is 0 Å². The molecule has 4 heteroatoms. The van der Waals surface area contributed by atoms with E-state index < -0.39 is 6.10 Å². The van der Waals surface area contributed by atoms with E-state index in [9.17, 15) is 9.90 Å². The van der Waals surface area contributed by atoms with Crippen molar-refractivity contribution >= 4 is 5.91 Å². The lowest BCUT2D eigenvalue weighted by Crippen LogP contribution is -2.41. The Morgan fingerprint density at radius 1 is 1.62 bits per heavy atom. The molecule has 1 aliphatic heterocycles. The Hall–Kier alpha value is -0.610. The van der Waals surface area contributed by atoms with Crippen LogP contribution in [0.5, 0.6) is 0 Å². The van der Waals surface area contributed by atoms with Crippen molar-refractivity contribution in [3.8, 4) is 0 Å². The van der Waals surface area contributed by atoms with Crippen molar-refractivity contribution in [1.82, 2.24) is 4.90 Å². The molecule has 0 radical (unpaired) electrons. The summed E-state index contributed by atoms with van der Waals surface area (Å²) in [5.41, 5.74) is 5.66. The van der Waals surface area contributed by atoms with Gasteiger partial charge in [0.1, 0.15) is 6.10 Å². The Kier molecular flexibility index (Phi) is 3.27. The van der Waals surface area contributed by atoms with Crippen LogP contribution in [0, 0.1) is 5.92 Å². The maximum atomic E-state index is 11.6. The first-order valence-electron chi connectivity index (χ1n) is 4.74. The zero-order valence-electron chi connectivity index (χ0n) is 8.23. The highest BCUT2D eigenvalue weighted by Gasteiger charge is 2.29. The molecule has 0 aromatic rings. The van der Waals surface area contributed by atoms with E-state index in [0.29, 0.717) is 13.1 Å². The van der Waals surface area contributed by atoms with Crippen molar-refractivity contribution < 1.29 is 9.90 Å². The molecule has 4 nitrogen and oxygen atoms in total. The van der Waals surface area contributed by atoms with Crippen LogP contribution < -0.4 is 5.73 Å². The fourth-order valence-electron chi connectivity index (χ4n) is 1.46. The van der Waals surface area contributed by atoms with Crippen LogP contribution in [0.4, 0.5) is 0 Å². The Morgan fingerprint density at radius 3 is 2.62 bits per heavy atom. The van der Waals surface area contributed by atoms with Crippen LogP contribution in [-0.4, -0.2) is 41.1 Å². The minimum Gasteiger partial charge on any atom is -0.383 e. The molecular weight excluding hydrogens is 168 g/mol. The van der Waals surface area contributed by atoms with Crippen LogP contribution in [-0.2, 0) is 4.79 Å². The number of likely N-dealkylation sites (tertiary alicyclic amines) is 1. The van der Waals surface area contributed by atoms with Crippen molar-refractivity contribution in [2.75, 3.05) is 13.1 Å². The monoisotopic (exact) mass is 186 g/mol. The van der Waals surface area contributed by atoms with Gasteiger partial charge in [-0.15, -0.1) is 0 Å². The van der Waals surface area contributed by atoms with Crippen molar-refractivity contribution in [3.05, 3.63) is 0 Å². The lowest BCUT2D eigenvalue weighted by molar-refractivity contribution is -0.141. The molecule has 0 aromatic carbocycles. The molecule has 1 saturated heterocycles. The van der Waals surface area contributed by atoms with Crippen LogP contribution in [0.2, 0.25) is 0 Å². The van der Waals surface area contributed by atoms with Gasteiger partial charge in [-0.25, -0.2) is 0 Å². The second-order valence-electron chi connectivity index (χ2n) is 4.02. The van der Waals surface area contributed by atoms with Gasteiger partial charge in [0.05, 0.1) is 0 Å². The molecule has 0 aromatic heterocycles. The number of nitrogens with zero attached hydrogens (tertiary/aromatic N) is 1. The van der Waals surface area contributed by atoms with E-state index in [2.05, 4.69) is 0 Å². The Balaban J connectivity index is 2.48. The average molecular weight is 186 g/mol. The third-order valence-corrected chi connectivity index (χ3v) is 2.42. The van der Waals surface area contributed by atoms with E-state index in [1.807, 2.05) is 13.8 Å². The molecule has 2 atom stereocenters. The first-order chi connectivity index (χ1) is 6.02. The standard InChI is InChI=1S/C9H18N2O2/c1-6(2)8(12)9(13)11-4-3-7(10)5-11/h6-8,12H,3-5,10H2,1-2H3. The molecular formula is C9H18N2O2. The minimum atomic E-state index is -0.870. The lowest BCUT2D eigenvalue weighted by Gasteiger charge is -2.21. The summed E-state index contributed by atoms with van der Waals surface area (Å²) in [5, 5.41) is 9.51. The second-order valence-corrected chi connectivity index (χ2v) is 4.02. The Labute approximate surface area is 78.7 Å². The molecule has 13 heavy (non-hydrogen) atoms. The maximum Gasteiger partial charge on any atom is 0.251 e. The first-order valence-corrected chi connectivity index (χ1v) is 4.74. The molecule has 76 valence electrons. The smallest absolute Gasteiger partial charge is 0.251 e. The number of aliphatic hydroxyl groups is 1. The van der Waals surface area contributed by atoms with Crippen LogP contribution in [0.1, 0.15) is 20.3 Å². The third kappa shape index (κ3) is 2.42. The van der Waals surface area contributed by atoms with Crippen molar-refractivity contribution in [1.29, 1.82) is 0 Å². The summed E-state index contributed by atoms with van der Waals surface area (Å²) < 4.78 is 0. The predicted molar refractivity (Wildman–Crippen MR) is 50.0 cm³/mol. The number of rotatable bonds is 2. The molecule has 1 heterocycles. The SMILES string of the molecule is CC(C)C(O)C(=O)N1CCC(N)C1. The predicted octanol–water partition coefficient (Wildman–Crippen LogP) is -0.437. The summed E-state index contributed by atoms with van der Waals surface area (Å²) in [6, 6.07) is 0.0864. The maximum absolute atomic E-state index is 11.6. The van der Waals surface area contributed by atoms with E-state index in [4.69, 9.17) is 5.73 Å². The molecule has 0 bridgehead atoms. The third-order valence-electron chi connectivity index (χ3n) is 2.42. The Bertz CT molecular complexity index is 194. The number of carbonyl (C=O) groups is 1. The van der Waals surface area contributed by atoms with Gasteiger partial charge in [0.25, 0.3) is 5.91 Å². The summed E-state index contributed by atoms with van der Waals surface area (Å²) in [5.74, 6) is -0.202. The summed E-state index contributed by atoms with van der Waals surface area (Å²) in [4.78, 5) is 13.2. The van der Waals surface area contributed by atoms with Gasteiger partial charge in [-0.3, -0.25) is 4.79 Å². The molecule has 1 rings (SSSR count). The van der Waals surface area contributed by atoms with Crippen molar-refractivity contribution in [2.24, 2.45) is 11.7 Å². The van der Waals surface area contributed by atoms with Gasteiger partial charge in [0.15, 0.2) is 0 Å². The minimum absolute atomic E-state index is 0.0238. The van der Waals surface area contributed by atoms with Gasteiger partial charge in [-0.1, -0.05) is 13.8 Å². The topological polar surface area (TPSA) is 66.6 Å². The highest BCUT2D eigenvalue weighted by atomic mass is 16.3. The normalized spacial score (nSPS) is 25.3. The molecule has 0 saturated carbocycles. The molecule has 1 amide bonds. The van der Waals surface area contributed by atoms with E-state index in [1.165, 1.54) is 0 Å².